The van der Waals surface area contributed by atoms with Gasteiger partial charge in [0.15, 0.2) is 5.65 Å². The molecule has 2 aliphatic rings. The third kappa shape index (κ3) is 3.13. The average molecular weight is 517 g/mol. The highest BCUT2D eigenvalue weighted by atomic mass is 14.8. The first-order valence-corrected chi connectivity index (χ1v) is 13.8. The summed E-state index contributed by atoms with van der Waals surface area (Å²) in [7, 11) is 0. The first-order valence-electron chi connectivity index (χ1n) is 13.8. The minimum atomic E-state index is -0.0590. The predicted octanol–water partition coefficient (Wildman–Crippen LogP) is 8.37. The van der Waals surface area contributed by atoms with Crippen molar-refractivity contribution in [2.45, 2.75) is 38.5 Å². The molecule has 40 heavy (non-hydrogen) atoms. The Kier molecular flexibility index (Phi) is 4.60. The Labute approximate surface area is 233 Å². The van der Waals surface area contributed by atoms with Gasteiger partial charge in [-0.25, -0.2) is 19.9 Å². The zero-order valence-corrected chi connectivity index (χ0v) is 23.0. The number of hydrogen-bond acceptors (Lipinski definition) is 4. The van der Waals surface area contributed by atoms with Gasteiger partial charge >= 0.3 is 0 Å². The van der Waals surface area contributed by atoms with Crippen LogP contribution in [0.2, 0.25) is 0 Å². The molecule has 0 unspecified atom stereocenters. The Morgan fingerprint density at radius 3 is 1.43 bits per heavy atom. The summed E-state index contributed by atoms with van der Waals surface area (Å²) < 4.78 is 0. The van der Waals surface area contributed by atoms with Gasteiger partial charge in [-0.1, -0.05) is 88.4 Å². The van der Waals surface area contributed by atoms with E-state index in [0.29, 0.717) is 5.65 Å². The normalized spacial score (nSPS) is 15.4. The van der Waals surface area contributed by atoms with E-state index < -0.39 is 0 Å². The van der Waals surface area contributed by atoms with Crippen LogP contribution in [-0.4, -0.2) is 19.9 Å². The van der Waals surface area contributed by atoms with Gasteiger partial charge in [-0.05, 0) is 46.5 Å². The molecule has 2 aliphatic carbocycles. The van der Waals surface area contributed by atoms with E-state index in [1.54, 1.807) is 0 Å². The minimum absolute atomic E-state index is 0.0590. The van der Waals surface area contributed by atoms with E-state index in [9.17, 15) is 0 Å². The van der Waals surface area contributed by atoms with Crippen molar-refractivity contribution in [3.8, 4) is 45.0 Å². The topological polar surface area (TPSA) is 51.6 Å². The molecule has 4 aromatic heterocycles. The molecule has 0 spiro atoms. The summed E-state index contributed by atoms with van der Waals surface area (Å²) in [6, 6.07) is 30.2. The van der Waals surface area contributed by atoms with Gasteiger partial charge in [-0.15, -0.1) is 0 Å². The van der Waals surface area contributed by atoms with Crippen molar-refractivity contribution in [3.05, 3.63) is 120 Å². The van der Waals surface area contributed by atoms with Crippen LogP contribution in [0.4, 0.5) is 0 Å². The monoisotopic (exact) mass is 516 g/mol. The molecule has 4 heteroatoms. The molecule has 0 atom stereocenters. The van der Waals surface area contributed by atoms with Gasteiger partial charge in [-0.3, -0.25) is 0 Å². The second-order valence-corrected chi connectivity index (χ2v) is 12.0. The van der Waals surface area contributed by atoms with Crippen LogP contribution in [0.1, 0.15) is 49.9 Å². The van der Waals surface area contributed by atoms with E-state index >= 15 is 0 Å². The Bertz CT molecular complexity index is 1880. The van der Waals surface area contributed by atoms with Gasteiger partial charge in [0.2, 0.25) is 0 Å². The van der Waals surface area contributed by atoms with Gasteiger partial charge in [0.1, 0.15) is 0 Å². The lowest BCUT2D eigenvalue weighted by molar-refractivity contribution is 0.659. The fourth-order valence-corrected chi connectivity index (χ4v) is 6.72. The first kappa shape index (κ1) is 23.2. The Morgan fingerprint density at radius 1 is 0.500 bits per heavy atom. The van der Waals surface area contributed by atoms with E-state index in [4.69, 9.17) is 19.9 Å². The molecule has 0 fully saturated rings. The molecule has 4 nitrogen and oxygen atoms in total. The number of benzene rings is 2. The van der Waals surface area contributed by atoms with Gasteiger partial charge in [0.05, 0.1) is 22.8 Å². The van der Waals surface area contributed by atoms with Crippen LogP contribution in [0.25, 0.3) is 56.1 Å². The molecule has 0 N–H and O–H groups in total. The Morgan fingerprint density at radius 2 is 0.950 bits per heavy atom. The summed E-state index contributed by atoms with van der Waals surface area (Å²) in [6.07, 6.45) is 3.75. The highest BCUT2D eigenvalue weighted by Gasteiger charge is 2.37. The number of hydrogen-bond donors (Lipinski definition) is 0. The fourth-order valence-electron chi connectivity index (χ4n) is 6.72. The largest absolute Gasteiger partial charge is 0.247 e. The zero-order chi connectivity index (χ0) is 27.2. The SMILES string of the molecule is CC1(C)c2ccccc2-c2nc(-c3cnc4ncc(-c5ccc6c(n5)-c5ccccc5C6(C)C)cc4c3)ccc21. The van der Waals surface area contributed by atoms with Crippen LogP contribution in [0.15, 0.2) is 97.3 Å². The van der Waals surface area contributed by atoms with Crippen molar-refractivity contribution in [2.75, 3.05) is 0 Å². The maximum absolute atomic E-state index is 5.15. The van der Waals surface area contributed by atoms with E-state index in [1.807, 2.05) is 12.4 Å². The summed E-state index contributed by atoms with van der Waals surface area (Å²) in [5, 5.41) is 0.973. The Balaban J connectivity index is 1.22. The third-order valence-corrected chi connectivity index (χ3v) is 8.97. The van der Waals surface area contributed by atoms with Crippen molar-refractivity contribution in [2.24, 2.45) is 0 Å². The molecular weight excluding hydrogens is 488 g/mol. The van der Waals surface area contributed by atoms with Gasteiger partial charge in [0, 0.05) is 50.9 Å². The van der Waals surface area contributed by atoms with Crippen LogP contribution in [0, 0.1) is 0 Å². The number of nitrogens with zero attached hydrogens (tertiary/aromatic N) is 4. The van der Waals surface area contributed by atoms with Gasteiger partial charge in [-0.2, -0.15) is 0 Å². The lowest BCUT2D eigenvalue weighted by Crippen LogP contribution is -2.14. The first-order chi connectivity index (χ1) is 19.3. The van der Waals surface area contributed by atoms with Crippen LogP contribution < -0.4 is 0 Å². The minimum Gasteiger partial charge on any atom is -0.247 e. The fraction of sp³-hybridized carbons (Fsp3) is 0.167. The van der Waals surface area contributed by atoms with Crippen molar-refractivity contribution in [1.82, 2.24) is 19.9 Å². The third-order valence-electron chi connectivity index (χ3n) is 8.97. The number of fused-ring (bicyclic) bond motifs is 7. The predicted molar refractivity (Wildman–Crippen MR) is 161 cm³/mol. The highest BCUT2D eigenvalue weighted by molar-refractivity contribution is 5.86. The summed E-state index contributed by atoms with van der Waals surface area (Å²) in [5.41, 5.74) is 14.1. The van der Waals surface area contributed by atoms with E-state index in [0.717, 1.165) is 39.3 Å². The summed E-state index contributed by atoms with van der Waals surface area (Å²) in [6.45, 7) is 9.10. The lowest BCUT2D eigenvalue weighted by atomic mass is 9.83. The Hall–Kier alpha value is -4.70. The van der Waals surface area contributed by atoms with Crippen molar-refractivity contribution in [3.63, 3.8) is 0 Å². The second-order valence-electron chi connectivity index (χ2n) is 12.0. The molecule has 6 aromatic rings. The molecule has 0 saturated carbocycles. The molecule has 4 heterocycles. The van der Waals surface area contributed by atoms with E-state index in [-0.39, 0.29) is 10.8 Å². The quantitative estimate of drug-likeness (QED) is 0.232. The van der Waals surface area contributed by atoms with Crippen LogP contribution >= 0.6 is 0 Å². The molecule has 2 aromatic carbocycles. The summed E-state index contributed by atoms with van der Waals surface area (Å²) in [5.74, 6) is 0. The van der Waals surface area contributed by atoms with E-state index in [2.05, 4.69) is 113 Å². The van der Waals surface area contributed by atoms with Crippen LogP contribution in [-0.2, 0) is 10.8 Å². The molecule has 0 bridgehead atoms. The van der Waals surface area contributed by atoms with Crippen molar-refractivity contribution < 1.29 is 0 Å². The summed E-state index contributed by atoms with van der Waals surface area (Å²) >= 11 is 0. The lowest BCUT2D eigenvalue weighted by Gasteiger charge is -2.20. The molecule has 0 aliphatic heterocycles. The zero-order valence-electron chi connectivity index (χ0n) is 23.0. The van der Waals surface area contributed by atoms with Crippen LogP contribution in [0.5, 0.6) is 0 Å². The standard InChI is InChI=1S/C36H28N4/c1-35(2)26-11-7-5-9-24(26)32-28(35)13-15-30(39-32)22-17-21-18-23(20-38-34(21)37-19-22)31-16-14-29-33(40-31)25-10-6-8-12-27(25)36(29,3)4/h5-20H,1-4H3. The van der Waals surface area contributed by atoms with Crippen molar-refractivity contribution >= 4 is 11.0 Å². The second kappa shape index (κ2) is 7.92. The van der Waals surface area contributed by atoms with E-state index in [1.165, 1.54) is 33.4 Å². The van der Waals surface area contributed by atoms with Crippen molar-refractivity contribution in [1.29, 1.82) is 0 Å². The molecule has 192 valence electrons. The van der Waals surface area contributed by atoms with Crippen LogP contribution in [0.3, 0.4) is 0 Å². The molecular formula is C36H28N4. The van der Waals surface area contributed by atoms with Gasteiger partial charge < -0.3 is 0 Å². The maximum Gasteiger partial charge on any atom is 0.159 e. The summed E-state index contributed by atoms with van der Waals surface area (Å²) in [4.78, 5) is 19.7. The number of aromatic nitrogens is 4. The smallest absolute Gasteiger partial charge is 0.159 e. The number of rotatable bonds is 2. The maximum atomic E-state index is 5.15. The molecule has 0 radical (unpaired) electrons. The average Bonchev–Trinajstić information content (AvgIpc) is 3.36. The van der Waals surface area contributed by atoms with Gasteiger partial charge in [0.25, 0.3) is 0 Å². The number of pyridine rings is 4. The molecule has 0 saturated heterocycles. The molecule has 0 amide bonds. The molecule has 8 rings (SSSR count). The highest BCUT2D eigenvalue weighted by Crippen LogP contribution is 2.49.